The fourth-order valence-electron chi connectivity index (χ4n) is 2.66. The molecule has 0 fully saturated rings. The van der Waals surface area contributed by atoms with Crippen molar-refractivity contribution >= 4 is 23.0 Å². The minimum absolute atomic E-state index is 0.107. The van der Waals surface area contributed by atoms with Crippen LogP contribution in [0.3, 0.4) is 0 Å². The van der Waals surface area contributed by atoms with Crippen molar-refractivity contribution in [2.24, 2.45) is 0 Å². The Labute approximate surface area is 171 Å². The third-order valence-corrected chi connectivity index (χ3v) is 4.25. The minimum atomic E-state index is -0.784. The van der Waals surface area contributed by atoms with Crippen LogP contribution in [0.25, 0.3) is 0 Å². The van der Waals surface area contributed by atoms with Crippen LogP contribution in [0.5, 0.6) is 11.5 Å². The number of hydrogen-bond acceptors (Lipinski definition) is 9. The summed E-state index contributed by atoms with van der Waals surface area (Å²) in [6.07, 6.45) is 2.85. The second kappa shape index (κ2) is 8.43. The predicted octanol–water partition coefficient (Wildman–Crippen LogP) is 3.39. The molecule has 10 nitrogen and oxygen atoms in total. The molecule has 0 saturated heterocycles. The number of nitrogens with zero attached hydrogens (tertiary/aromatic N) is 4. The number of phenols is 1. The lowest BCUT2D eigenvalue weighted by atomic mass is 10.1. The molecule has 154 valence electrons. The molecular weight excluding hydrogens is 390 g/mol. The SMILES string of the molecule is Cc1cc(N(C)Nc2cnc(C(=O)Oc3ccc([N+](=O)[O-])cc3)nc2)cc(C)c1O. The average molecular weight is 409 g/mol. The topological polar surface area (TPSA) is 131 Å². The van der Waals surface area contributed by atoms with E-state index in [0.29, 0.717) is 5.69 Å². The fourth-order valence-corrected chi connectivity index (χ4v) is 2.66. The van der Waals surface area contributed by atoms with E-state index in [4.69, 9.17) is 4.74 Å². The number of aromatic hydroxyl groups is 1. The van der Waals surface area contributed by atoms with Crippen molar-refractivity contribution in [1.82, 2.24) is 9.97 Å². The molecule has 1 aromatic heterocycles. The zero-order valence-corrected chi connectivity index (χ0v) is 16.5. The van der Waals surface area contributed by atoms with Gasteiger partial charge in [-0.2, -0.15) is 0 Å². The van der Waals surface area contributed by atoms with Crippen molar-refractivity contribution in [2.75, 3.05) is 17.5 Å². The highest BCUT2D eigenvalue weighted by molar-refractivity contribution is 5.87. The molecule has 0 unspecified atom stereocenters. The van der Waals surface area contributed by atoms with Gasteiger partial charge in [-0.3, -0.25) is 20.5 Å². The first-order valence-electron chi connectivity index (χ1n) is 8.84. The van der Waals surface area contributed by atoms with Crippen LogP contribution in [-0.4, -0.2) is 33.0 Å². The number of carbonyl (C=O) groups is 1. The molecule has 0 amide bonds. The number of phenolic OH excluding ortho intramolecular Hbond substituents is 1. The Hall–Kier alpha value is -4.21. The average Bonchev–Trinajstić information content (AvgIpc) is 2.72. The van der Waals surface area contributed by atoms with Gasteiger partial charge in [-0.15, -0.1) is 0 Å². The number of nitro benzene ring substituents is 1. The first-order chi connectivity index (χ1) is 14.2. The summed E-state index contributed by atoms with van der Waals surface area (Å²) in [5.74, 6) is -0.535. The molecule has 3 aromatic rings. The molecule has 0 aliphatic carbocycles. The largest absolute Gasteiger partial charge is 0.507 e. The molecule has 3 rings (SSSR count). The highest BCUT2D eigenvalue weighted by atomic mass is 16.6. The zero-order valence-electron chi connectivity index (χ0n) is 16.5. The van der Waals surface area contributed by atoms with E-state index >= 15 is 0 Å². The van der Waals surface area contributed by atoms with E-state index in [9.17, 15) is 20.0 Å². The van der Waals surface area contributed by atoms with Gasteiger partial charge in [-0.25, -0.2) is 14.8 Å². The number of nitrogens with one attached hydrogen (secondary N) is 1. The summed E-state index contributed by atoms with van der Waals surface area (Å²) >= 11 is 0. The van der Waals surface area contributed by atoms with Gasteiger partial charge in [0.25, 0.3) is 5.69 Å². The van der Waals surface area contributed by atoms with Crippen molar-refractivity contribution in [3.05, 3.63) is 75.9 Å². The van der Waals surface area contributed by atoms with E-state index in [0.717, 1.165) is 16.8 Å². The van der Waals surface area contributed by atoms with Gasteiger partial charge in [0.15, 0.2) is 0 Å². The standard InChI is InChI=1S/C20H19N5O5/c1-12-8-16(9-13(2)18(12)26)24(3)23-14-10-21-19(22-11-14)20(27)30-17-6-4-15(5-7-17)25(28)29/h4-11,23,26H,1-3H3. The van der Waals surface area contributed by atoms with E-state index in [1.807, 2.05) is 26.0 Å². The fraction of sp³-hybridized carbons (Fsp3) is 0.150. The van der Waals surface area contributed by atoms with E-state index in [1.165, 1.54) is 36.7 Å². The van der Waals surface area contributed by atoms with Crippen LogP contribution in [0.15, 0.2) is 48.8 Å². The Bertz CT molecular complexity index is 1060. The second-order valence-electron chi connectivity index (χ2n) is 6.53. The lowest BCUT2D eigenvalue weighted by Crippen LogP contribution is -2.25. The van der Waals surface area contributed by atoms with Crippen LogP contribution in [0.4, 0.5) is 17.1 Å². The number of non-ortho nitro benzene ring substituents is 1. The van der Waals surface area contributed by atoms with Gasteiger partial charge in [0, 0.05) is 19.2 Å². The molecule has 0 spiro atoms. The number of carbonyl (C=O) groups excluding carboxylic acids is 1. The summed E-state index contributed by atoms with van der Waals surface area (Å²) in [5, 5.41) is 22.3. The number of anilines is 2. The van der Waals surface area contributed by atoms with E-state index in [2.05, 4.69) is 15.4 Å². The highest BCUT2D eigenvalue weighted by Crippen LogP contribution is 2.27. The molecule has 1 heterocycles. The number of ether oxygens (including phenoxy) is 1. The van der Waals surface area contributed by atoms with Crippen molar-refractivity contribution in [2.45, 2.75) is 13.8 Å². The van der Waals surface area contributed by atoms with Gasteiger partial charge in [0.2, 0.25) is 5.82 Å². The van der Waals surface area contributed by atoms with E-state index in [1.54, 1.807) is 12.1 Å². The number of benzene rings is 2. The lowest BCUT2D eigenvalue weighted by Gasteiger charge is -2.22. The number of rotatable bonds is 6. The third-order valence-electron chi connectivity index (χ3n) is 4.25. The quantitative estimate of drug-likeness (QED) is 0.272. The molecule has 0 aliphatic rings. The second-order valence-corrected chi connectivity index (χ2v) is 6.53. The number of aromatic nitrogens is 2. The molecule has 0 aliphatic heterocycles. The summed E-state index contributed by atoms with van der Waals surface area (Å²) in [6.45, 7) is 3.63. The van der Waals surface area contributed by atoms with Crippen molar-refractivity contribution in [3.8, 4) is 11.5 Å². The van der Waals surface area contributed by atoms with Crippen LogP contribution < -0.4 is 15.2 Å². The molecule has 2 N–H and O–H groups in total. The van der Waals surface area contributed by atoms with Gasteiger partial charge in [0.1, 0.15) is 11.5 Å². The monoisotopic (exact) mass is 409 g/mol. The summed E-state index contributed by atoms with van der Waals surface area (Å²) in [4.78, 5) is 30.3. The molecule has 10 heteroatoms. The first-order valence-corrected chi connectivity index (χ1v) is 8.84. The number of aryl methyl sites for hydroxylation is 2. The summed E-state index contributed by atoms with van der Waals surface area (Å²) in [7, 11) is 1.79. The van der Waals surface area contributed by atoms with Crippen molar-refractivity contribution < 1.29 is 19.6 Å². The smallest absolute Gasteiger partial charge is 0.381 e. The molecular formula is C20H19N5O5. The Morgan fingerprint density at radius 3 is 2.23 bits per heavy atom. The Morgan fingerprint density at radius 1 is 1.13 bits per heavy atom. The molecule has 0 bridgehead atoms. The summed E-state index contributed by atoms with van der Waals surface area (Å²) in [6, 6.07) is 8.77. The van der Waals surface area contributed by atoms with Gasteiger partial charge in [-0.05, 0) is 49.2 Å². The maximum Gasteiger partial charge on any atom is 0.381 e. The van der Waals surface area contributed by atoms with Crippen LogP contribution in [-0.2, 0) is 0 Å². The van der Waals surface area contributed by atoms with Gasteiger partial charge in [0.05, 0.1) is 28.7 Å². The normalized spacial score (nSPS) is 10.4. The van der Waals surface area contributed by atoms with Crippen LogP contribution in [0.1, 0.15) is 21.7 Å². The molecule has 0 radical (unpaired) electrons. The maximum absolute atomic E-state index is 12.2. The minimum Gasteiger partial charge on any atom is -0.507 e. The summed E-state index contributed by atoms with van der Waals surface area (Å²) < 4.78 is 5.12. The van der Waals surface area contributed by atoms with E-state index < -0.39 is 10.9 Å². The summed E-state index contributed by atoms with van der Waals surface area (Å²) in [5.41, 5.74) is 5.83. The number of hydrazine groups is 1. The van der Waals surface area contributed by atoms with Gasteiger partial charge in [-0.1, -0.05) is 0 Å². The van der Waals surface area contributed by atoms with Crippen LogP contribution in [0, 0.1) is 24.0 Å². The van der Waals surface area contributed by atoms with E-state index in [-0.39, 0.29) is 23.0 Å². The predicted molar refractivity (Wildman–Crippen MR) is 110 cm³/mol. The third kappa shape index (κ3) is 4.61. The highest BCUT2D eigenvalue weighted by Gasteiger charge is 2.14. The van der Waals surface area contributed by atoms with Crippen LogP contribution >= 0.6 is 0 Å². The Kier molecular flexibility index (Phi) is 5.77. The van der Waals surface area contributed by atoms with Crippen LogP contribution in [0.2, 0.25) is 0 Å². The first kappa shape index (κ1) is 20.5. The maximum atomic E-state index is 12.2. The Morgan fingerprint density at radius 2 is 1.70 bits per heavy atom. The van der Waals surface area contributed by atoms with Crippen molar-refractivity contribution in [1.29, 1.82) is 0 Å². The Balaban J connectivity index is 1.65. The molecule has 0 atom stereocenters. The number of nitro groups is 1. The molecule has 0 saturated carbocycles. The molecule has 2 aromatic carbocycles. The van der Waals surface area contributed by atoms with Crippen molar-refractivity contribution in [3.63, 3.8) is 0 Å². The number of hydrogen-bond donors (Lipinski definition) is 2. The van der Waals surface area contributed by atoms with Gasteiger partial charge >= 0.3 is 5.97 Å². The number of esters is 1. The van der Waals surface area contributed by atoms with Gasteiger partial charge < -0.3 is 9.84 Å². The molecule has 30 heavy (non-hydrogen) atoms. The zero-order chi connectivity index (χ0) is 21.8. The lowest BCUT2D eigenvalue weighted by molar-refractivity contribution is -0.384.